The number of benzene rings is 2. The molecule has 2 heterocycles. The average molecular weight is 356 g/mol. The number of nitriles is 1. The predicted octanol–water partition coefficient (Wildman–Crippen LogP) is 3.37. The molecule has 6 nitrogen and oxygen atoms in total. The Kier molecular flexibility index (Phi) is 4.35. The lowest BCUT2D eigenvalue weighted by Gasteiger charge is -2.27. The van der Waals surface area contributed by atoms with Crippen LogP contribution in [0.5, 0.6) is 0 Å². The quantitative estimate of drug-likeness (QED) is 0.916. The minimum Gasteiger partial charge on any atom is -0.378 e. The van der Waals surface area contributed by atoms with Gasteiger partial charge in [-0.1, -0.05) is 18.2 Å². The van der Waals surface area contributed by atoms with Crippen LogP contribution in [0, 0.1) is 11.3 Å². The number of nitrogens with zero attached hydrogens (tertiary/aromatic N) is 5. The summed E-state index contributed by atoms with van der Waals surface area (Å²) in [6.45, 7) is 0.632. The molecule has 27 heavy (non-hydrogen) atoms. The van der Waals surface area contributed by atoms with Gasteiger partial charge < -0.3 is 15.1 Å². The van der Waals surface area contributed by atoms with Gasteiger partial charge >= 0.3 is 0 Å². The Morgan fingerprint density at radius 1 is 1.19 bits per heavy atom. The molecule has 0 bridgehead atoms. The number of anilines is 2. The van der Waals surface area contributed by atoms with Gasteiger partial charge in [-0.2, -0.15) is 5.26 Å². The van der Waals surface area contributed by atoms with E-state index in [1.54, 1.807) is 6.20 Å². The van der Waals surface area contributed by atoms with Crippen LogP contribution >= 0.6 is 0 Å². The molecular formula is C21H20N6. The fraction of sp³-hybridized carbons (Fsp3) is 0.190. The van der Waals surface area contributed by atoms with Crippen LogP contribution in [0.1, 0.15) is 17.2 Å². The van der Waals surface area contributed by atoms with E-state index < -0.39 is 0 Å². The van der Waals surface area contributed by atoms with E-state index >= 15 is 0 Å². The van der Waals surface area contributed by atoms with E-state index in [2.05, 4.69) is 38.3 Å². The van der Waals surface area contributed by atoms with E-state index in [1.165, 1.54) is 0 Å². The van der Waals surface area contributed by atoms with Crippen LogP contribution in [0.15, 0.2) is 70.9 Å². The molecule has 1 N–H and O–H groups in total. The summed E-state index contributed by atoms with van der Waals surface area (Å²) in [4.78, 5) is 13.4. The molecule has 0 saturated heterocycles. The molecule has 0 fully saturated rings. The molecule has 6 heteroatoms. The maximum atomic E-state index is 9.17. The summed E-state index contributed by atoms with van der Waals surface area (Å²) < 4.78 is 0. The van der Waals surface area contributed by atoms with E-state index in [0.29, 0.717) is 12.1 Å². The third-order valence-corrected chi connectivity index (χ3v) is 4.66. The van der Waals surface area contributed by atoms with Crippen molar-refractivity contribution in [1.82, 2.24) is 4.90 Å². The van der Waals surface area contributed by atoms with Crippen molar-refractivity contribution in [1.29, 1.82) is 5.26 Å². The molecule has 0 amide bonds. The third kappa shape index (κ3) is 3.27. The van der Waals surface area contributed by atoms with Gasteiger partial charge in [-0.05, 0) is 35.9 Å². The number of aliphatic imine (C=N–C) groups is 2. The Balaban J connectivity index is 1.56. The van der Waals surface area contributed by atoms with Crippen molar-refractivity contribution in [2.45, 2.75) is 6.04 Å². The first-order valence-electron chi connectivity index (χ1n) is 8.78. The summed E-state index contributed by atoms with van der Waals surface area (Å²) in [6.07, 6.45) is 3.72. The van der Waals surface area contributed by atoms with Crippen molar-refractivity contribution in [3.8, 4) is 6.07 Å². The van der Waals surface area contributed by atoms with Crippen LogP contribution in [0.3, 0.4) is 0 Å². The second kappa shape index (κ2) is 6.96. The maximum Gasteiger partial charge on any atom is 0.173 e. The van der Waals surface area contributed by atoms with Gasteiger partial charge in [-0.25, -0.2) is 4.99 Å². The summed E-state index contributed by atoms with van der Waals surface area (Å²) in [7, 11) is 4.03. The zero-order valence-corrected chi connectivity index (χ0v) is 15.3. The molecule has 2 aliphatic heterocycles. The Bertz CT molecular complexity index is 996. The molecule has 134 valence electrons. The van der Waals surface area contributed by atoms with Gasteiger partial charge in [-0.3, -0.25) is 4.99 Å². The number of amidine groups is 2. The van der Waals surface area contributed by atoms with E-state index in [0.717, 1.165) is 28.6 Å². The molecule has 4 rings (SSSR count). The first-order valence-corrected chi connectivity index (χ1v) is 8.78. The lowest BCUT2D eigenvalue weighted by atomic mass is 10.0. The molecule has 0 aromatic heterocycles. The van der Waals surface area contributed by atoms with Gasteiger partial charge in [0.1, 0.15) is 0 Å². The van der Waals surface area contributed by atoms with Gasteiger partial charge in [0.25, 0.3) is 0 Å². The largest absolute Gasteiger partial charge is 0.378 e. The van der Waals surface area contributed by atoms with Crippen LogP contribution in [0.2, 0.25) is 0 Å². The lowest BCUT2D eigenvalue weighted by molar-refractivity contribution is 0.458. The highest BCUT2D eigenvalue weighted by Crippen LogP contribution is 2.30. The lowest BCUT2D eigenvalue weighted by Crippen LogP contribution is -2.37. The van der Waals surface area contributed by atoms with E-state index in [4.69, 9.17) is 10.3 Å². The molecule has 1 unspecified atom stereocenters. The minimum absolute atomic E-state index is 0.0740. The van der Waals surface area contributed by atoms with Gasteiger partial charge in [-0.15, -0.1) is 0 Å². The van der Waals surface area contributed by atoms with Gasteiger partial charge in [0.15, 0.2) is 11.7 Å². The molecule has 0 spiro atoms. The van der Waals surface area contributed by atoms with Crippen molar-refractivity contribution >= 4 is 23.0 Å². The van der Waals surface area contributed by atoms with E-state index in [1.807, 2.05) is 56.7 Å². The van der Waals surface area contributed by atoms with Gasteiger partial charge in [0.2, 0.25) is 0 Å². The van der Waals surface area contributed by atoms with E-state index in [9.17, 15) is 0 Å². The molecule has 2 aliphatic rings. The highest BCUT2D eigenvalue weighted by atomic mass is 15.3. The predicted molar refractivity (Wildman–Crippen MR) is 109 cm³/mol. The molecule has 2 aromatic carbocycles. The van der Waals surface area contributed by atoms with Crippen molar-refractivity contribution in [2.24, 2.45) is 9.98 Å². The Morgan fingerprint density at radius 2 is 2.04 bits per heavy atom. The highest BCUT2D eigenvalue weighted by Gasteiger charge is 2.32. The van der Waals surface area contributed by atoms with Crippen LogP contribution in [0.4, 0.5) is 11.4 Å². The Morgan fingerprint density at radius 3 is 2.85 bits per heavy atom. The molecule has 2 aromatic rings. The smallest absolute Gasteiger partial charge is 0.173 e. The number of rotatable bonds is 3. The maximum absolute atomic E-state index is 9.17. The molecular weight excluding hydrogens is 336 g/mol. The monoisotopic (exact) mass is 356 g/mol. The fourth-order valence-corrected chi connectivity index (χ4v) is 3.27. The van der Waals surface area contributed by atoms with Crippen LogP contribution in [0.25, 0.3) is 0 Å². The topological polar surface area (TPSA) is 67.0 Å². The normalized spacial score (nSPS) is 17.7. The van der Waals surface area contributed by atoms with Crippen LogP contribution < -0.4 is 10.2 Å². The summed E-state index contributed by atoms with van der Waals surface area (Å²) in [5.41, 5.74) is 3.82. The Hall–Kier alpha value is -3.59. The molecule has 0 saturated carbocycles. The number of hydrogen-bond donors (Lipinski definition) is 1. The second-order valence-corrected chi connectivity index (χ2v) is 6.67. The zero-order chi connectivity index (χ0) is 18.8. The SMILES string of the molecule is CN(C)c1cccc(NC2=NC=CN3C2=NCC3c2cccc(C#N)c2)c1. The van der Waals surface area contributed by atoms with Crippen molar-refractivity contribution in [3.63, 3.8) is 0 Å². The van der Waals surface area contributed by atoms with Crippen molar-refractivity contribution < 1.29 is 0 Å². The number of fused-ring (bicyclic) bond motifs is 1. The molecule has 0 aliphatic carbocycles. The van der Waals surface area contributed by atoms with Crippen LogP contribution in [-0.2, 0) is 0 Å². The number of nitrogens with one attached hydrogen (secondary N) is 1. The molecule has 1 atom stereocenters. The fourth-order valence-electron chi connectivity index (χ4n) is 3.27. The first kappa shape index (κ1) is 16.9. The standard InChI is InChI=1S/C21H20N6/c1-26(2)18-8-4-7-17(12-18)25-20-21-24-14-19(27(21)10-9-23-20)16-6-3-5-15(11-16)13-22/h3-12,19H,14H2,1-2H3,(H,23,25). The van der Waals surface area contributed by atoms with Crippen molar-refractivity contribution in [2.75, 3.05) is 30.9 Å². The second-order valence-electron chi connectivity index (χ2n) is 6.67. The summed E-state index contributed by atoms with van der Waals surface area (Å²) in [5.74, 6) is 1.55. The summed E-state index contributed by atoms with van der Waals surface area (Å²) in [6, 6.07) is 18.1. The van der Waals surface area contributed by atoms with E-state index in [-0.39, 0.29) is 6.04 Å². The highest BCUT2D eigenvalue weighted by molar-refractivity contribution is 6.45. The van der Waals surface area contributed by atoms with Crippen molar-refractivity contribution in [3.05, 3.63) is 72.1 Å². The third-order valence-electron chi connectivity index (χ3n) is 4.66. The van der Waals surface area contributed by atoms with Crippen LogP contribution in [-0.4, -0.2) is 37.2 Å². The first-order chi connectivity index (χ1) is 13.2. The van der Waals surface area contributed by atoms with Gasteiger partial charge in [0.05, 0.1) is 24.2 Å². The summed E-state index contributed by atoms with van der Waals surface area (Å²) in [5, 5.41) is 12.6. The molecule has 0 radical (unpaired) electrons. The van der Waals surface area contributed by atoms with Gasteiger partial charge in [0, 0.05) is 37.9 Å². The minimum atomic E-state index is 0.0740. The summed E-state index contributed by atoms with van der Waals surface area (Å²) >= 11 is 0. The Labute approximate surface area is 158 Å². The zero-order valence-electron chi connectivity index (χ0n) is 15.3. The number of hydrogen-bond acceptors (Lipinski definition) is 6. The average Bonchev–Trinajstić information content (AvgIpc) is 3.13.